The van der Waals surface area contributed by atoms with Crippen molar-refractivity contribution in [2.45, 2.75) is 44.9 Å². The highest BCUT2D eigenvalue weighted by molar-refractivity contribution is 5.80. The summed E-state index contributed by atoms with van der Waals surface area (Å²) in [6.07, 6.45) is 3.32. The van der Waals surface area contributed by atoms with Crippen molar-refractivity contribution in [1.29, 1.82) is 0 Å². The maximum atomic E-state index is 12.6. The Kier molecular flexibility index (Phi) is 5.32. The topological polar surface area (TPSA) is 86.2 Å². The summed E-state index contributed by atoms with van der Waals surface area (Å²) in [6, 6.07) is 10.4. The van der Waals surface area contributed by atoms with E-state index in [-0.39, 0.29) is 11.9 Å². The number of aromatic amines is 1. The molecule has 3 N–H and O–H groups in total. The van der Waals surface area contributed by atoms with Crippen LogP contribution in [-0.4, -0.2) is 55.9 Å². The maximum Gasteiger partial charge on any atom is 0.224 e. The molecule has 4 atom stereocenters. The molecule has 2 fully saturated rings. The van der Waals surface area contributed by atoms with Gasteiger partial charge in [-0.1, -0.05) is 18.2 Å². The van der Waals surface area contributed by atoms with Crippen LogP contribution in [0.2, 0.25) is 0 Å². The molecule has 1 saturated carbocycles. The van der Waals surface area contributed by atoms with Crippen molar-refractivity contribution in [3.63, 3.8) is 0 Å². The van der Waals surface area contributed by atoms with Crippen molar-refractivity contribution >= 4 is 16.8 Å². The second-order valence-corrected chi connectivity index (χ2v) is 9.40. The number of H-pyrrole nitrogens is 1. The van der Waals surface area contributed by atoms with E-state index in [1.807, 2.05) is 20.2 Å². The lowest BCUT2D eigenvalue weighted by Gasteiger charge is -2.35. The van der Waals surface area contributed by atoms with E-state index in [4.69, 9.17) is 0 Å². The first-order chi connectivity index (χ1) is 14.9. The van der Waals surface area contributed by atoms with Gasteiger partial charge in [-0.25, -0.2) is 0 Å². The minimum Gasteiger partial charge on any atom is -0.391 e. The van der Waals surface area contributed by atoms with Gasteiger partial charge in [-0.15, -0.1) is 0 Å². The molecule has 0 radical (unpaired) electrons. The number of nitrogens with zero attached hydrogens (tertiary/aromatic N) is 3. The van der Waals surface area contributed by atoms with Crippen LogP contribution < -0.4 is 5.32 Å². The molecule has 3 aromatic rings. The fourth-order valence-electron chi connectivity index (χ4n) is 5.52. The summed E-state index contributed by atoms with van der Waals surface area (Å²) in [4.78, 5) is 18.6. The number of aliphatic hydroxyl groups is 1. The highest BCUT2D eigenvalue weighted by Crippen LogP contribution is 2.37. The van der Waals surface area contributed by atoms with Crippen LogP contribution in [0.1, 0.15) is 29.8 Å². The summed E-state index contributed by atoms with van der Waals surface area (Å²) in [5.41, 5.74) is 4.23. The lowest BCUT2D eigenvalue weighted by Crippen LogP contribution is -2.49. The predicted molar refractivity (Wildman–Crippen MR) is 119 cm³/mol. The Morgan fingerprint density at radius 3 is 2.77 bits per heavy atom. The molecule has 7 heteroatoms. The second-order valence-electron chi connectivity index (χ2n) is 9.40. The van der Waals surface area contributed by atoms with Crippen molar-refractivity contribution in [3.05, 3.63) is 53.5 Å². The number of amides is 1. The number of fused-ring (bicyclic) bond motifs is 2. The van der Waals surface area contributed by atoms with Crippen LogP contribution in [0.3, 0.4) is 0 Å². The second kappa shape index (κ2) is 8.13. The molecule has 7 nitrogen and oxygen atoms in total. The Morgan fingerprint density at radius 1 is 1.26 bits per heavy atom. The number of carbonyl (C=O) groups is 1. The van der Waals surface area contributed by atoms with Crippen LogP contribution in [-0.2, 0) is 24.8 Å². The smallest absolute Gasteiger partial charge is 0.224 e. The highest BCUT2D eigenvalue weighted by atomic mass is 16.3. The Balaban J connectivity index is 1.18. The van der Waals surface area contributed by atoms with Gasteiger partial charge < -0.3 is 15.4 Å². The zero-order valence-corrected chi connectivity index (χ0v) is 18.2. The SMILES string of the molecule is Cc1nn(C)cc1CC(=O)N[C@H]1C[C@H]2CN(Cc3cc4ccccc4[nH]3)C[C@H]2C[C@@H]1O. The average molecular weight is 422 g/mol. The van der Waals surface area contributed by atoms with Crippen LogP contribution in [0, 0.1) is 18.8 Å². The quantitative estimate of drug-likeness (QED) is 0.589. The molecule has 31 heavy (non-hydrogen) atoms. The molecule has 1 saturated heterocycles. The molecule has 164 valence electrons. The van der Waals surface area contributed by atoms with Gasteiger partial charge in [0.2, 0.25) is 5.91 Å². The first kappa shape index (κ1) is 20.3. The van der Waals surface area contributed by atoms with Gasteiger partial charge in [0.25, 0.3) is 0 Å². The number of para-hydroxylation sites is 1. The van der Waals surface area contributed by atoms with E-state index >= 15 is 0 Å². The van der Waals surface area contributed by atoms with Crippen molar-refractivity contribution in [2.24, 2.45) is 18.9 Å². The Hall–Kier alpha value is -2.64. The molecule has 1 aliphatic heterocycles. The van der Waals surface area contributed by atoms with Gasteiger partial charge in [0.05, 0.1) is 24.3 Å². The van der Waals surface area contributed by atoms with Crippen molar-refractivity contribution in [2.75, 3.05) is 13.1 Å². The summed E-state index contributed by atoms with van der Waals surface area (Å²) >= 11 is 0. The summed E-state index contributed by atoms with van der Waals surface area (Å²) < 4.78 is 1.73. The van der Waals surface area contributed by atoms with E-state index in [9.17, 15) is 9.90 Å². The number of benzene rings is 1. The summed E-state index contributed by atoms with van der Waals surface area (Å²) in [5, 5.41) is 19.4. The van der Waals surface area contributed by atoms with E-state index in [1.165, 1.54) is 16.6 Å². The normalized spacial score (nSPS) is 26.3. The molecule has 2 aromatic heterocycles. The number of hydrogen-bond donors (Lipinski definition) is 3. The third kappa shape index (κ3) is 4.25. The van der Waals surface area contributed by atoms with Gasteiger partial charge in [-0.05, 0) is 49.1 Å². The Labute approximate surface area is 182 Å². The Morgan fingerprint density at radius 2 is 2.03 bits per heavy atom. The molecule has 3 heterocycles. The molecule has 1 amide bonds. The number of aryl methyl sites for hydroxylation is 2. The third-order valence-corrected chi connectivity index (χ3v) is 7.01. The van der Waals surface area contributed by atoms with E-state index in [2.05, 4.69) is 50.6 Å². The monoisotopic (exact) mass is 421 g/mol. The highest BCUT2D eigenvalue weighted by Gasteiger charge is 2.42. The minimum absolute atomic E-state index is 0.0356. The molecule has 0 bridgehead atoms. The number of carbonyl (C=O) groups excluding carboxylic acids is 1. The zero-order chi connectivity index (χ0) is 21.5. The number of likely N-dealkylation sites (tertiary alicyclic amines) is 1. The van der Waals surface area contributed by atoms with Crippen molar-refractivity contribution in [1.82, 2.24) is 25.0 Å². The van der Waals surface area contributed by atoms with Crippen molar-refractivity contribution < 1.29 is 9.90 Å². The number of aliphatic hydroxyl groups excluding tert-OH is 1. The molecule has 5 rings (SSSR count). The standard InChI is InChI=1S/C24H31N5O2/c1-15-17(11-28(2)27-15)10-24(31)26-22-8-18-12-29(13-19(18)9-23(22)30)14-20-7-16-5-3-4-6-21(16)25-20/h3-7,11,18-19,22-23,25,30H,8-10,12-14H2,1-2H3,(H,26,31)/t18-,19+,22-,23-/m0/s1. The van der Waals surface area contributed by atoms with E-state index in [0.29, 0.717) is 18.3 Å². The van der Waals surface area contributed by atoms with Gasteiger partial charge in [0.1, 0.15) is 0 Å². The fraction of sp³-hybridized carbons (Fsp3) is 0.500. The van der Waals surface area contributed by atoms with Crippen molar-refractivity contribution in [3.8, 4) is 0 Å². The molecule has 2 aliphatic rings. The molecule has 0 spiro atoms. The number of rotatable bonds is 5. The van der Waals surface area contributed by atoms with Crippen LogP contribution in [0.15, 0.2) is 36.5 Å². The van der Waals surface area contributed by atoms with E-state index < -0.39 is 6.10 Å². The van der Waals surface area contributed by atoms with E-state index in [0.717, 1.165) is 43.7 Å². The van der Waals surface area contributed by atoms with Gasteiger partial charge >= 0.3 is 0 Å². The van der Waals surface area contributed by atoms with Crippen LogP contribution in [0.4, 0.5) is 0 Å². The maximum absolute atomic E-state index is 12.6. The minimum atomic E-state index is -0.478. The molecular formula is C24H31N5O2. The summed E-state index contributed by atoms with van der Waals surface area (Å²) in [6.45, 7) is 4.84. The predicted octanol–water partition coefficient (Wildman–Crippen LogP) is 2.14. The molecule has 1 aromatic carbocycles. The number of hydrogen-bond acceptors (Lipinski definition) is 4. The van der Waals surface area contributed by atoms with Gasteiger partial charge in [0.15, 0.2) is 0 Å². The summed E-state index contributed by atoms with van der Waals surface area (Å²) in [5.74, 6) is 0.970. The number of nitrogens with one attached hydrogen (secondary N) is 2. The Bertz CT molecular complexity index is 1050. The number of aromatic nitrogens is 3. The first-order valence-electron chi connectivity index (χ1n) is 11.2. The zero-order valence-electron chi connectivity index (χ0n) is 18.2. The lowest BCUT2D eigenvalue weighted by atomic mass is 9.77. The van der Waals surface area contributed by atoms with Crippen LogP contribution in [0.5, 0.6) is 0 Å². The van der Waals surface area contributed by atoms with Gasteiger partial charge in [0, 0.05) is 49.7 Å². The average Bonchev–Trinajstić information content (AvgIpc) is 3.38. The molecular weight excluding hydrogens is 390 g/mol. The summed E-state index contributed by atoms with van der Waals surface area (Å²) in [7, 11) is 1.86. The van der Waals surface area contributed by atoms with E-state index in [1.54, 1.807) is 4.68 Å². The third-order valence-electron chi connectivity index (χ3n) is 7.01. The fourth-order valence-corrected chi connectivity index (χ4v) is 5.52. The van der Waals surface area contributed by atoms with Crippen LogP contribution >= 0.6 is 0 Å². The first-order valence-corrected chi connectivity index (χ1v) is 11.2. The van der Waals surface area contributed by atoms with Gasteiger partial charge in [-0.3, -0.25) is 14.4 Å². The van der Waals surface area contributed by atoms with Crippen LogP contribution in [0.25, 0.3) is 10.9 Å². The largest absolute Gasteiger partial charge is 0.391 e. The molecule has 1 aliphatic carbocycles. The molecule has 0 unspecified atom stereocenters. The lowest BCUT2D eigenvalue weighted by molar-refractivity contribution is -0.122. The van der Waals surface area contributed by atoms with Gasteiger partial charge in [-0.2, -0.15) is 5.10 Å².